The van der Waals surface area contributed by atoms with Crippen LogP contribution < -0.4 is 10.6 Å². The van der Waals surface area contributed by atoms with Gasteiger partial charge in [0.25, 0.3) is 5.91 Å². The lowest BCUT2D eigenvalue weighted by Crippen LogP contribution is -2.36. The molecule has 3 N–H and O–H groups in total. The van der Waals surface area contributed by atoms with Crippen LogP contribution in [0.3, 0.4) is 0 Å². The number of ether oxygens (including phenoxy) is 1. The Kier molecular flexibility index (Phi) is 6.64. The van der Waals surface area contributed by atoms with Crippen molar-refractivity contribution >= 4 is 28.6 Å². The number of nitrogens with one attached hydrogen (secondary N) is 2. The number of hydrogen-bond acceptors (Lipinski definition) is 5. The molecule has 7 heteroatoms. The summed E-state index contributed by atoms with van der Waals surface area (Å²) in [6, 6.07) is 18.0. The molecule has 0 fully saturated rings. The Morgan fingerprint density at radius 1 is 0.967 bits per heavy atom. The van der Waals surface area contributed by atoms with Crippen molar-refractivity contribution in [3.05, 3.63) is 77.9 Å². The first kappa shape index (κ1) is 20.9. The number of amides is 2. The molecule has 2 amide bonds. The van der Waals surface area contributed by atoms with Gasteiger partial charge in [0.1, 0.15) is 5.75 Å². The van der Waals surface area contributed by atoms with Gasteiger partial charge < -0.3 is 20.5 Å². The second-order valence-electron chi connectivity index (χ2n) is 6.68. The minimum absolute atomic E-state index is 0.00903. The lowest BCUT2D eigenvalue weighted by molar-refractivity contribution is -0.145. The van der Waals surface area contributed by atoms with Gasteiger partial charge in [-0.25, -0.2) is 4.79 Å². The van der Waals surface area contributed by atoms with Crippen LogP contribution in [-0.4, -0.2) is 36.5 Å². The summed E-state index contributed by atoms with van der Waals surface area (Å²) in [6.45, 7) is 0.112. The highest BCUT2D eigenvalue weighted by atomic mass is 16.5. The fourth-order valence-corrected chi connectivity index (χ4v) is 3.02. The van der Waals surface area contributed by atoms with Crippen LogP contribution in [0.2, 0.25) is 0 Å². The van der Waals surface area contributed by atoms with Gasteiger partial charge in [-0.1, -0.05) is 42.5 Å². The van der Waals surface area contributed by atoms with Crippen molar-refractivity contribution < 1.29 is 24.2 Å². The maximum absolute atomic E-state index is 12.4. The van der Waals surface area contributed by atoms with Crippen molar-refractivity contribution in [1.29, 1.82) is 0 Å². The molecule has 0 aliphatic carbocycles. The number of fused-ring (bicyclic) bond motifs is 1. The van der Waals surface area contributed by atoms with Gasteiger partial charge in [0.05, 0.1) is 7.11 Å². The largest absolute Gasteiger partial charge is 0.508 e. The molecular weight excluding hydrogens is 384 g/mol. The summed E-state index contributed by atoms with van der Waals surface area (Å²) in [5.41, 5.74) is 0.985. The normalized spacial score (nSPS) is 11.5. The summed E-state index contributed by atoms with van der Waals surface area (Å²) >= 11 is 0. The third-order valence-corrected chi connectivity index (χ3v) is 4.62. The Morgan fingerprint density at radius 2 is 1.67 bits per heavy atom. The Balaban J connectivity index is 1.56. The molecule has 0 saturated carbocycles. The van der Waals surface area contributed by atoms with E-state index in [4.69, 9.17) is 4.74 Å². The molecule has 0 spiro atoms. The van der Waals surface area contributed by atoms with Crippen LogP contribution in [0.5, 0.6) is 5.75 Å². The number of carbonyl (C=O) groups is 3. The zero-order valence-corrected chi connectivity index (χ0v) is 16.4. The predicted molar refractivity (Wildman–Crippen MR) is 112 cm³/mol. The van der Waals surface area contributed by atoms with Crippen LogP contribution in [0.1, 0.15) is 28.4 Å². The summed E-state index contributed by atoms with van der Waals surface area (Å²) in [6.07, 6.45) is -0.00903. The van der Waals surface area contributed by atoms with Gasteiger partial charge in [-0.15, -0.1) is 0 Å². The number of phenols is 1. The quantitative estimate of drug-likeness (QED) is 0.523. The highest BCUT2D eigenvalue weighted by Crippen LogP contribution is 2.18. The summed E-state index contributed by atoms with van der Waals surface area (Å²) < 4.78 is 4.75. The second kappa shape index (κ2) is 9.56. The molecular formula is C23H22N2O5. The van der Waals surface area contributed by atoms with E-state index in [0.29, 0.717) is 11.1 Å². The molecule has 0 bridgehead atoms. The first-order valence-corrected chi connectivity index (χ1v) is 9.41. The Hall–Kier alpha value is -3.87. The molecule has 0 heterocycles. The maximum Gasteiger partial charge on any atom is 0.333 e. The number of phenolic OH excluding ortho intramolecular Hbond substituents is 1. The molecule has 0 aliphatic rings. The zero-order chi connectivity index (χ0) is 21.5. The van der Waals surface area contributed by atoms with Gasteiger partial charge in [-0.05, 0) is 40.6 Å². The highest BCUT2D eigenvalue weighted by molar-refractivity contribution is 5.98. The monoisotopic (exact) mass is 406 g/mol. The smallest absolute Gasteiger partial charge is 0.333 e. The van der Waals surface area contributed by atoms with E-state index in [1.54, 1.807) is 12.1 Å². The first-order valence-electron chi connectivity index (χ1n) is 9.41. The Morgan fingerprint density at radius 3 is 2.37 bits per heavy atom. The lowest BCUT2D eigenvalue weighted by atomic mass is 10.1. The SMILES string of the molecule is COC(=O)C(NC(=O)CCNC(=O)c1ccc2ccccc2c1)c1ccc(O)cc1. The molecule has 30 heavy (non-hydrogen) atoms. The zero-order valence-electron chi connectivity index (χ0n) is 16.4. The molecule has 7 nitrogen and oxygen atoms in total. The minimum Gasteiger partial charge on any atom is -0.508 e. The third kappa shape index (κ3) is 5.14. The fourth-order valence-electron chi connectivity index (χ4n) is 3.02. The van der Waals surface area contributed by atoms with Crippen LogP contribution in [0.15, 0.2) is 66.7 Å². The van der Waals surface area contributed by atoms with Crippen LogP contribution in [0.25, 0.3) is 10.8 Å². The first-order chi connectivity index (χ1) is 14.5. The van der Waals surface area contributed by atoms with Crippen molar-refractivity contribution in [1.82, 2.24) is 10.6 Å². The van der Waals surface area contributed by atoms with E-state index in [-0.39, 0.29) is 24.6 Å². The summed E-state index contributed by atoms with van der Waals surface area (Å²) in [5.74, 6) is -1.28. The van der Waals surface area contributed by atoms with Crippen LogP contribution in [0.4, 0.5) is 0 Å². The minimum atomic E-state index is -1.00. The van der Waals surface area contributed by atoms with Crippen molar-refractivity contribution in [2.24, 2.45) is 0 Å². The van der Waals surface area contributed by atoms with Crippen molar-refractivity contribution in [3.63, 3.8) is 0 Å². The number of carbonyl (C=O) groups excluding carboxylic acids is 3. The molecule has 1 atom stereocenters. The summed E-state index contributed by atoms with van der Waals surface area (Å²) in [5, 5.41) is 16.7. The average Bonchev–Trinajstić information content (AvgIpc) is 2.77. The van der Waals surface area contributed by atoms with E-state index in [2.05, 4.69) is 10.6 Å². The molecule has 154 valence electrons. The topological polar surface area (TPSA) is 105 Å². The van der Waals surface area contributed by atoms with Gasteiger partial charge in [0, 0.05) is 18.5 Å². The van der Waals surface area contributed by atoms with E-state index < -0.39 is 17.9 Å². The average molecular weight is 406 g/mol. The van der Waals surface area contributed by atoms with Gasteiger partial charge >= 0.3 is 5.97 Å². The van der Waals surface area contributed by atoms with Gasteiger partial charge in [-0.2, -0.15) is 0 Å². The number of hydrogen-bond donors (Lipinski definition) is 3. The molecule has 1 unspecified atom stereocenters. The molecule has 3 rings (SSSR count). The van der Waals surface area contributed by atoms with Gasteiger partial charge in [0.15, 0.2) is 6.04 Å². The number of aromatic hydroxyl groups is 1. The highest BCUT2D eigenvalue weighted by Gasteiger charge is 2.23. The molecule has 0 saturated heterocycles. The van der Waals surface area contributed by atoms with Crippen LogP contribution >= 0.6 is 0 Å². The summed E-state index contributed by atoms with van der Waals surface area (Å²) in [7, 11) is 1.23. The van der Waals surface area contributed by atoms with E-state index >= 15 is 0 Å². The van der Waals surface area contributed by atoms with Crippen molar-refractivity contribution in [2.45, 2.75) is 12.5 Å². The molecule has 0 radical (unpaired) electrons. The van der Waals surface area contributed by atoms with Gasteiger partial charge in [-0.3, -0.25) is 9.59 Å². The molecule has 3 aromatic rings. The molecule has 3 aromatic carbocycles. The van der Waals surface area contributed by atoms with E-state index in [9.17, 15) is 19.5 Å². The Bertz CT molecular complexity index is 1060. The summed E-state index contributed by atoms with van der Waals surface area (Å²) in [4.78, 5) is 36.7. The Labute approximate surface area is 173 Å². The number of rotatable bonds is 7. The fraction of sp³-hybridized carbons (Fsp3) is 0.174. The molecule has 0 aromatic heterocycles. The standard InChI is InChI=1S/C23H22N2O5/c1-30-23(29)21(16-8-10-19(26)11-9-16)25-20(27)12-13-24-22(28)18-7-6-15-4-2-3-5-17(15)14-18/h2-11,14,21,26H,12-13H2,1H3,(H,24,28)(H,25,27). The second-order valence-corrected chi connectivity index (χ2v) is 6.68. The van der Waals surface area contributed by atoms with Crippen molar-refractivity contribution in [2.75, 3.05) is 13.7 Å². The number of benzene rings is 3. The van der Waals surface area contributed by atoms with E-state index in [1.807, 2.05) is 30.3 Å². The van der Waals surface area contributed by atoms with E-state index in [0.717, 1.165) is 10.8 Å². The lowest BCUT2D eigenvalue weighted by Gasteiger charge is -2.17. The van der Waals surface area contributed by atoms with Gasteiger partial charge in [0.2, 0.25) is 5.91 Å². The van der Waals surface area contributed by atoms with Crippen molar-refractivity contribution in [3.8, 4) is 5.75 Å². The van der Waals surface area contributed by atoms with Crippen LogP contribution in [0, 0.1) is 0 Å². The van der Waals surface area contributed by atoms with E-state index in [1.165, 1.54) is 31.4 Å². The number of esters is 1. The molecule has 0 aliphatic heterocycles. The van der Waals surface area contributed by atoms with Crippen LogP contribution in [-0.2, 0) is 14.3 Å². The number of methoxy groups -OCH3 is 1. The maximum atomic E-state index is 12.4. The third-order valence-electron chi connectivity index (χ3n) is 4.62. The predicted octanol–water partition coefficient (Wildman–Crippen LogP) is 2.70.